The molecule has 0 aliphatic carbocycles. The van der Waals surface area contributed by atoms with E-state index in [1.807, 2.05) is 29.6 Å². The molecule has 3 rings (SSSR count). The number of rotatable bonds is 2. The fraction of sp³-hybridized carbons (Fsp3) is 0.0667. The van der Waals surface area contributed by atoms with Crippen LogP contribution in [-0.2, 0) is 0 Å². The summed E-state index contributed by atoms with van der Waals surface area (Å²) in [4.78, 5) is 15.7. The number of benzene rings is 2. The molecule has 2 aromatic carbocycles. The van der Waals surface area contributed by atoms with Crippen LogP contribution in [0, 0.1) is 0 Å². The Morgan fingerprint density at radius 2 is 1.89 bits per heavy atom. The minimum absolute atomic E-state index is 0.0199. The highest BCUT2D eigenvalue weighted by atomic mass is 32.1. The van der Waals surface area contributed by atoms with Gasteiger partial charge in [-0.1, -0.05) is 42.5 Å². The molecule has 0 fully saturated rings. The molecule has 2 nitrogen and oxygen atoms in total. The third kappa shape index (κ3) is 1.83. The van der Waals surface area contributed by atoms with Gasteiger partial charge < -0.3 is 0 Å². The Labute approximate surface area is 109 Å². The van der Waals surface area contributed by atoms with Gasteiger partial charge in [-0.15, -0.1) is 11.3 Å². The van der Waals surface area contributed by atoms with Gasteiger partial charge in [-0.2, -0.15) is 0 Å². The van der Waals surface area contributed by atoms with Crippen LogP contribution in [0.4, 0.5) is 0 Å². The molecule has 0 radical (unpaired) electrons. The van der Waals surface area contributed by atoms with Crippen molar-refractivity contribution in [2.75, 3.05) is 0 Å². The Morgan fingerprint density at radius 3 is 2.67 bits per heavy atom. The minimum atomic E-state index is 0.0199. The van der Waals surface area contributed by atoms with Crippen molar-refractivity contribution in [2.45, 2.75) is 6.92 Å². The average molecular weight is 253 g/mol. The molecule has 3 aromatic rings. The fourth-order valence-corrected chi connectivity index (χ4v) is 2.73. The maximum atomic E-state index is 11.3. The molecule has 0 N–H and O–H groups in total. The van der Waals surface area contributed by atoms with Crippen molar-refractivity contribution >= 4 is 27.9 Å². The zero-order valence-electron chi connectivity index (χ0n) is 9.88. The smallest absolute Gasteiger partial charge is 0.188 e. The van der Waals surface area contributed by atoms with E-state index in [-0.39, 0.29) is 5.78 Å². The molecule has 0 bridgehead atoms. The summed E-state index contributed by atoms with van der Waals surface area (Å²) < 4.78 is 0. The van der Waals surface area contributed by atoms with Crippen LogP contribution in [-0.4, -0.2) is 10.8 Å². The maximum absolute atomic E-state index is 11.3. The molecule has 0 saturated heterocycles. The van der Waals surface area contributed by atoms with Gasteiger partial charge in [0.05, 0.1) is 5.69 Å². The summed E-state index contributed by atoms with van der Waals surface area (Å²) in [5.41, 5.74) is 1.96. The van der Waals surface area contributed by atoms with Gasteiger partial charge in [0.25, 0.3) is 0 Å². The number of hydrogen-bond donors (Lipinski definition) is 0. The Balaban J connectivity index is 2.21. The molecular formula is C15H11NOS. The van der Waals surface area contributed by atoms with E-state index in [2.05, 4.69) is 23.2 Å². The summed E-state index contributed by atoms with van der Waals surface area (Å²) >= 11 is 1.40. The van der Waals surface area contributed by atoms with Crippen molar-refractivity contribution < 1.29 is 4.79 Å². The van der Waals surface area contributed by atoms with Gasteiger partial charge in [-0.3, -0.25) is 4.79 Å². The predicted octanol–water partition coefficient (Wildman–Crippen LogP) is 4.17. The largest absolute Gasteiger partial charge is 0.292 e. The zero-order chi connectivity index (χ0) is 12.5. The highest BCUT2D eigenvalue weighted by Crippen LogP contribution is 2.29. The summed E-state index contributed by atoms with van der Waals surface area (Å²) in [6.45, 7) is 1.55. The van der Waals surface area contributed by atoms with E-state index < -0.39 is 0 Å². The normalized spacial score (nSPS) is 10.7. The number of carbonyl (C=O) groups is 1. The van der Waals surface area contributed by atoms with Gasteiger partial charge in [0, 0.05) is 17.9 Å². The number of Topliss-reactive ketones (excluding diaryl/α,β-unsaturated/α-hetero) is 1. The molecular weight excluding hydrogens is 242 g/mol. The van der Waals surface area contributed by atoms with Gasteiger partial charge >= 0.3 is 0 Å². The first-order valence-corrected chi connectivity index (χ1v) is 6.58. The second-order valence-electron chi connectivity index (χ2n) is 4.12. The average Bonchev–Trinajstić information content (AvgIpc) is 2.87. The number of nitrogens with zero attached hydrogens (tertiary/aromatic N) is 1. The topological polar surface area (TPSA) is 30.0 Å². The third-order valence-electron chi connectivity index (χ3n) is 2.87. The van der Waals surface area contributed by atoms with Crippen molar-refractivity contribution in [2.24, 2.45) is 0 Å². The van der Waals surface area contributed by atoms with Crippen LogP contribution < -0.4 is 0 Å². The van der Waals surface area contributed by atoms with Gasteiger partial charge in [-0.05, 0) is 10.8 Å². The number of aromatic nitrogens is 1. The first-order chi connectivity index (χ1) is 8.75. The molecule has 0 aliphatic rings. The lowest BCUT2D eigenvalue weighted by molar-refractivity contribution is 0.101. The standard InChI is InChI=1S/C15H11NOS/c1-10(17)15-16-14(9-18-15)13-8-4-6-11-5-2-3-7-12(11)13/h2-9H,1H3. The van der Waals surface area contributed by atoms with Crippen LogP contribution in [0.25, 0.3) is 22.0 Å². The summed E-state index contributed by atoms with van der Waals surface area (Å²) in [5, 5.41) is 4.86. The molecule has 0 atom stereocenters. The Kier molecular flexibility index (Phi) is 2.68. The van der Waals surface area contributed by atoms with Crippen LogP contribution in [0.1, 0.15) is 16.7 Å². The van der Waals surface area contributed by atoms with Crippen molar-refractivity contribution in [3.8, 4) is 11.3 Å². The van der Waals surface area contributed by atoms with E-state index in [0.29, 0.717) is 5.01 Å². The van der Waals surface area contributed by atoms with E-state index in [4.69, 9.17) is 0 Å². The van der Waals surface area contributed by atoms with Gasteiger partial charge in [0.2, 0.25) is 0 Å². The number of hydrogen-bond acceptors (Lipinski definition) is 3. The van der Waals surface area contributed by atoms with Crippen LogP contribution >= 0.6 is 11.3 Å². The molecule has 0 saturated carbocycles. The van der Waals surface area contributed by atoms with Crippen molar-refractivity contribution in [3.05, 3.63) is 52.9 Å². The van der Waals surface area contributed by atoms with E-state index in [1.54, 1.807) is 6.92 Å². The van der Waals surface area contributed by atoms with E-state index in [1.165, 1.54) is 22.1 Å². The van der Waals surface area contributed by atoms with Crippen LogP contribution in [0.15, 0.2) is 47.8 Å². The SMILES string of the molecule is CC(=O)c1nc(-c2cccc3ccccc23)cs1. The Hall–Kier alpha value is -2.00. The van der Waals surface area contributed by atoms with Gasteiger partial charge in [0.15, 0.2) is 10.8 Å². The molecule has 3 heteroatoms. The summed E-state index contributed by atoms with van der Waals surface area (Å²) in [7, 11) is 0. The number of fused-ring (bicyclic) bond motifs is 1. The second kappa shape index (κ2) is 4.35. The van der Waals surface area contributed by atoms with Crippen molar-refractivity contribution in [3.63, 3.8) is 0 Å². The fourth-order valence-electron chi connectivity index (χ4n) is 2.01. The lowest BCUT2D eigenvalue weighted by Gasteiger charge is -2.03. The maximum Gasteiger partial charge on any atom is 0.188 e. The molecule has 0 aliphatic heterocycles. The monoisotopic (exact) mass is 253 g/mol. The molecule has 0 unspecified atom stereocenters. The lowest BCUT2D eigenvalue weighted by Crippen LogP contribution is -1.90. The predicted molar refractivity (Wildman–Crippen MR) is 75.1 cm³/mol. The highest BCUT2D eigenvalue weighted by Gasteiger charge is 2.09. The molecule has 0 spiro atoms. The molecule has 88 valence electrons. The molecule has 18 heavy (non-hydrogen) atoms. The van der Waals surface area contributed by atoms with Gasteiger partial charge in [0.1, 0.15) is 0 Å². The number of carbonyl (C=O) groups excluding carboxylic acids is 1. The van der Waals surface area contributed by atoms with Crippen LogP contribution in [0.3, 0.4) is 0 Å². The lowest BCUT2D eigenvalue weighted by atomic mass is 10.0. The van der Waals surface area contributed by atoms with E-state index in [9.17, 15) is 4.79 Å². The minimum Gasteiger partial charge on any atom is -0.292 e. The van der Waals surface area contributed by atoms with Crippen LogP contribution in [0.5, 0.6) is 0 Å². The number of thiazole rings is 1. The summed E-state index contributed by atoms with van der Waals surface area (Å²) in [5.74, 6) is 0.0199. The van der Waals surface area contributed by atoms with Crippen LogP contribution in [0.2, 0.25) is 0 Å². The number of ketones is 1. The molecule has 1 aromatic heterocycles. The van der Waals surface area contributed by atoms with E-state index >= 15 is 0 Å². The third-order valence-corrected chi connectivity index (χ3v) is 3.81. The first-order valence-electron chi connectivity index (χ1n) is 5.70. The van der Waals surface area contributed by atoms with E-state index in [0.717, 1.165) is 11.3 Å². The quantitative estimate of drug-likeness (QED) is 0.642. The molecule has 0 amide bonds. The molecule has 1 heterocycles. The zero-order valence-corrected chi connectivity index (χ0v) is 10.7. The second-order valence-corrected chi connectivity index (χ2v) is 4.98. The Bertz CT molecular complexity index is 725. The first kappa shape index (κ1) is 11.1. The van der Waals surface area contributed by atoms with Crippen molar-refractivity contribution in [1.82, 2.24) is 4.98 Å². The Morgan fingerprint density at radius 1 is 1.11 bits per heavy atom. The van der Waals surface area contributed by atoms with Crippen molar-refractivity contribution in [1.29, 1.82) is 0 Å². The van der Waals surface area contributed by atoms with Gasteiger partial charge in [-0.25, -0.2) is 4.98 Å². The highest BCUT2D eigenvalue weighted by molar-refractivity contribution is 7.12. The summed E-state index contributed by atoms with van der Waals surface area (Å²) in [6, 6.07) is 14.3. The summed E-state index contributed by atoms with van der Waals surface area (Å²) in [6.07, 6.45) is 0.